The second-order valence-corrected chi connectivity index (χ2v) is 7.29. The van der Waals surface area contributed by atoms with Crippen LogP contribution in [-0.2, 0) is 6.42 Å². The first-order chi connectivity index (χ1) is 10.3. The Labute approximate surface area is 129 Å². The molecule has 2 saturated carbocycles. The first kappa shape index (κ1) is 15.1. The third kappa shape index (κ3) is 3.68. The summed E-state index contributed by atoms with van der Waals surface area (Å²) in [5.41, 5.74) is 7.71. The van der Waals surface area contributed by atoms with Gasteiger partial charge in [-0.25, -0.2) is 0 Å². The third-order valence-electron chi connectivity index (χ3n) is 5.81. The van der Waals surface area contributed by atoms with Crippen molar-refractivity contribution >= 4 is 0 Å². The van der Waals surface area contributed by atoms with Crippen molar-refractivity contribution in [2.45, 2.75) is 83.2 Å². The van der Waals surface area contributed by atoms with E-state index in [1.807, 2.05) is 0 Å². The van der Waals surface area contributed by atoms with Crippen molar-refractivity contribution in [1.29, 1.82) is 0 Å². The molecule has 0 aliphatic heterocycles. The summed E-state index contributed by atoms with van der Waals surface area (Å²) in [6, 6.07) is 3.14. The van der Waals surface area contributed by atoms with E-state index in [9.17, 15) is 0 Å². The van der Waals surface area contributed by atoms with Gasteiger partial charge in [0.1, 0.15) is 0 Å². The second-order valence-electron chi connectivity index (χ2n) is 7.29. The Morgan fingerprint density at radius 2 is 2.05 bits per heavy atom. The molecule has 3 nitrogen and oxygen atoms in total. The summed E-state index contributed by atoms with van der Waals surface area (Å²) in [5, 5.41) is 4.80. The van der Waals surface area contributed by atoms with Crippen molar-refractivity contribution < 1.29 is 0 Å². The van der Waals surface area contributed by atoms with E-state index in [2.05, 4.69) is 23.9 Å². The molecule has 0 radical (unpaired) electrons. The van der Waals surface area contributed by atoms with Gasteiger partial charge in [0.05, 0.1) is 11.7 Å². The summed E-state index contributed by atoms with van der Waals surface area (Å²) in [6.45, 7) is 2.32. The highest BCUT2D eigenvalue weighted by Crippen LogP contribution is 2.33. The molecule has 3 unspecified atom stereocenters. The van der Waals surface area contributed by atoms with Crippen molar-refractivity contribution in [3.8, 4) is 0 Å². The third-order valence-corrected chi connectivity index (χ3v) is 5.81. The van der Waals surface area contributed by atoms with Crippen LogP contribution < -0.4 is 5.73 Å². The number of hydrogen-bond donors (Lipinski definition) is 1. The normalized spacial score (nSPS) is 28.9. The zero-order chi connectivity index (χ0) is 14.7. The van der Waals surface area contributed by atoms with E-state index >= 15 is 0 Å². The number of aromatic nitrogens is 2. The van der Waals surface area contributed by atoms with Crippen molar-refractivity contribution in [3.05, 3.63) is 18.0 Å². The van der Waals surface area contributed by atoms with Gasteiger partial charge in [0, 0.05) is 18.7 Å². The summed E-state index contributed by atoms with van der Waals surface area (Å²) in [6.07, 6.45) is 15.2. The topological polar surface area (TPSA) is 43.8 Å². The number of nitrogens with two attached hydrogens (primary N) is 1. The smallest absolute Gasteiger partial charge is 0.0640 e. The molecule has 0 amide bonds. The molecule has 2 fully saturated rings. The quantitative estimate of drug-likeness (QED) is 0.887. The van der Waals surface area contributed by atoms with Gasteiger partial charge in [-0.15, -0.1) is 0 Å². The molecule has 0 aromatic carbocycles. The highest BCUT2D eigenvalue weighted by atomic mass is 15.3. The lowest BCUT2D eigenvalue weighted by molar-refractivity contribution is 0.227. The fourth-order valence-electron chi connectivity index (χ4n) is 4.36. The Hall–Kier alpha value is -0.830. The van der Waals surface area contributed by atoms with Gasteiger partial charge >= 0.3 is 0 Å². The molecule has 0 bridgehead atoms. The minimum absolute atomic E-state index is 0.297. The van der Waals surface area contributed by atoms with Crippen LogP contribution in [0, 0.1) is 11.8 Å². The van der Waals surface area contributed by atoms with Gasteiger partial charge in [-0.3, -0.25) is 4.68 Å². The maximum Gasteiger partial charge on any atom is 0.0640 e. The molecule has 0 saturated heterocycles. The van der Waals surface area contributed by atoms with Crippen LogP contribution in [0.4, 0.5) is 0 Å². The summed E-state index contributed by atoms with van der Waals surface area (Å²) in [5.74, 6) is 1.62. The van der Waals surface area contributed by atoms with E-state index < -0.39 is 0 Å². The lowest BCUT2D eigenvalue weighted by Gasteiger charge is -2.32. The van der Waals surface area contributed by atoms with E-state index in [0.29, 0.717) is 18.0 Å². The predicted octanol–water partition coefficient (Wildman–Crippen LogP) is 4.08. The fraction of sp³-hybridized carbons (Fsp3) is 0.833. The predicted molar refractivity (Wildman–Crippen MR) is 87.2 cm³/mol. The van der Waals surface area contributed by atoms with Crippen molar-refractivity contribution in [2.75, 3.05) is 0 Å². The molecule has 2 aliphatic rings. The van der Waals surface area contributed by atoms with Gasteiger partial charge < -0.3 is 5.73 Å². The molecular formula is C18H31N3. The molecule has 3 heteroatoms. The molecule has 21 heavy (non-hydrogen) atoms. The van der Waals surface area contributed by atoms with Crippen LogP contribution in [0.5, 0.6) is 0 Å². The van der Waals surface area contributed by atoms with Gasteiger partial charge in [0.15, 0.2) is 0 Å². The highest BCUT2D eigenvalue weighted by Gasteiger charge is 2.26. The van der Waals surface area contributed by atoms with E-state index in [-0.39, 0.29) is 0 Å². The van der Waals surface area contributed by atoms with Gasteiger partial charge in [0.25, 0.3) is 0 Å². The molecule has 2 N–H and O–H groups in total. The van der Waals surface area contributed by atoms with E-state index in [4.69, 9.17) is 10.8 Å². The van der Waals surface area contributed by atoms with Gasteiger partial charge in [0.2, 0.25) is 0 Å². The van der Waals surface area contributed by atoms with Crippen molar-refractivity contribution in [1.82, 2.24) is 9.78 Å². The van der Waals surface area contributed by atoms with Gasteiger partial charge in [-0.2, -0.15) is 5.10 Å². The minimum atomic E-state index is 0.297. The summed E-state index contributed by atoms with van der Waals surface area (Å²) >= 11 is 0. The van der Waals surface area contributed by atoms with E-state index in [1.54, 1.807) is 0 Å². The van der Waals surface area contributed by atoms with Crippen LogP contribution in [-0.4, -0.2) is 15.8 Å². The lowest BCUT2D eigenvalue weighted by Crippen LogP contribution is -2.35. The molecule has 2 aliphatic carbocycles. The minimum Gasteiger partial charge on any atom is -0.327 e. The first-order valence-corrected chi connectivity index (χ1v) is 9.06. The van der Waals surface area contributed by atoms with Crippen LogP contribution >= 0.6 is 0 Å². The molecule has 3 rings (SSSR count). The Kier molecular flexibility index (Phi) is 4.99. The Balaban J connectivity index is 1.55. The lowest BCUT2D eigenvalue weighted by atomic mass is 9.76. The Bertz CT molecular complexity index is 433. The van der Waals surface area contributed by atoms with Crippen LogP contribution in [0.25, 0.3) is 0 Å². The largest absolute Gasteiger partial charge is 0.327 e. The molecule has 3 atom stereocenters. The molecule has 1 aromatic heterocycles. The first-order valence-electron chi connectivity index (χ1n) is 9.06. The zero-order valence-electron chi connectivity index (χ0n) is 13.5. The molecule has 0 spiro atoms. The molecule has 1 aromatic rings. The molecule has 1 heterocycles. The van der Waals surface area contributed by atoms with Crippen LogP contribution in [0.15, 0.2) is 12.3 Å². The molecular weight excluding hydrogens is 258 g/mol. The van der Waals surface area contributed by atoms with Crippen LogP contribution in [0.2, 0.25) is 0 Å². The Morgan fingerprint density at radius 3 is 2.81 bits per heavy atom. The highest BCUT2D eigenvalue weighted by molar-refractivity contribution is 5.03. The van der Waals surface area contributed by atoms with E-state index in [1.165, 1.54) is 63.5 Å². The molecule has 118 valence electrons. The number of rotatable bonds is 5. The monoisotopic (exact) mass is 289 g/mol. The summed E-state index contributed by atoms with van der Waals surface area (Å²) in [4.78, 5) is 0. The van der Waals surface area contributed by atoms with Crippen LogP contribution in [0.3, 0.4) is 0 Å². The maximum atomic E-state index is 6.51. The van der Waals surface area contributed by atoms with Gasteiger partial charge in [-0.1, -0.05) is 39.0 Å². The number of nitrogens with zero attached hydrogens (tertiary/aromatic N) is 2. The summed E-state index contributed by atoms with van der Waals surface area (Å²) in [7, 11) is 0. The summed E-state index contributed by atoms with van der Waals surface area (Å²) < 4.78 is 2.20. The second kappa shape index (κ2) is 6.95. The fourth-order valence-corrected chi connectivity index (χ4v) is 4.36. The van der Waals surface area contributed by atoms with E-state index in [0.717, 1.165) is 12.3 Å². The number of hydrogen-bond acceptors (Lipinski definition) is 2. The maximum absolute atomic E-state index is 6.51. The standard InChI is InChI=1S/C18H31N3/c1-2-14-6-5-7-15(12-14)18(19)13-16-10-11-21(20-16)17-8-3-4-9-17/h10-11,14-15,17-18H,2-9,12-13,19H2,1H3. The van der Waals surface area contributed by atoms with Crippen LogP contribution in [0.1, 0.15) is 76.4 Å². The Morgan fingerprint density at radius 1 is 1.24 bits per heavy atom. The van der Waals surface area contributed by atoms with Crippen molar-refractivity contribution in [3.63, 3.8) is 0 Å². The average Bonchev–Trinajstić information content (AvgIpc) is 3.18. The van der Waals surface area contributed by atoms with Crippen molar-refractivity contribution in [2.24, 2.45) is 17.6 Å². The average molecular weight is 289 g/mol. The van der Waals surface area contributed by atoms with Gasteiger partial charge in [-0.05, 0) is 43.6 Å². The SMILES string of the molecule is CCC1CCCC(C(N)Cc2ccn(C3CCCC3)n2)C1. The zero-order valence-corrected chi connectivity index (χ0v) is 13.5.